The van der Waals surface area contributed by atoms with E-state index < -0.39 is 0 Å². The Kier molecular flexibility index (Phi) is 4.30. The summed E-state index contributed by atoms with van der Waals surface area (Å²) in [6.07, 6.45) is 6.88. The lowest BCUT2D eigenvalue weighted by molar-refractivity contribution is 0.445. The molecular formula is C22H22S. The maximum Gasteiger partial charge on any atom is 0.0384 e. The van der Waals surface area contributed by atoms with Gasteiger partial charge in [-0.2, -0.15) is 0 Å². The summed E-state index contributed by atoms with van der Waals surface area (Å²) in [6, 6.07) is 24.2. The Morgan fingerprint density at radius 2 is 1.30 bits per heavy atom. The summed E-state index contributed by atoms with van der Waals surface area (Å²) in [7, 11) is 0. The molecule has 0 N–H and O–H groups in total. The van der Waals surface area contributed by atoms with E-state index in [1.54, 1.807) is 5.56 Å². The third kappa shape index (κ3) is 3.11. The van der Waals surface area contributed by atoms with Gasteiger partial charge in [0.25, 0.3) is 0 Å². The highest BCUT2D eigenvalue weighted by Gasteiger charge is 2.22. The van der Waals surface area contributed by atoms with Gasteiger partial charge in [0, 0.05) is 9.75 Å². The van der Waals surface area contributed by atoms with Crippen molar-refractivity contribution in [2.75, 3.05) is 0 Å². The summed E-state index contributed by atoms with van der Waals surface area (Å²) in [5.41, 5.74) is 4.30. The fourth-order valence-corrected chi connectivity index (χ4v) is 4.94. The van der Waals surface area contributed by atoms with E-state index >= 15 is 0 Å². The molecule has 1 saturated carbocycles. The van der Waals surface area contributed by atoms with Crippen LogP contribution >= 0.6 is 11.3 Å². The maximum absolute atomic E-state index is 2.47. The average molecular weight is 318 g/mol. The van der Waals surface area contributed by atoms with Crippen LogP contribution in [0.4, 0.5) is 0 Å². The summed E-state index contributed by atoms with van der Waals surface area (Å²) in [5.74, 6) is 0.743. The summed E-state index contributed by atoms with van der Waals surface area (Å²) in [5, 5.41) is 0. The van der Waals surface area contributed by atoms with Crippen molar-refractivity contribution in [2.45, 2.75) is 38.0 Å². The van der Waals surface area contributed by atoms with Crippen molar-refractivity contribution >= 4 is 11.3 Å². The zero-order valence-corrected chi connectivity index (χ0v) is 14.2. The second-order valence-electron chi connectivity index (χ2n) is 6.46. The number of rotatable bonds is 3. The fraction of sp³-hybridized carbons (Fsp3) is 0.273. The van der Waals surface area contributed by atoms with Crippen molar-refractivity contribution < 1.29 is 0 Å². The molecule has 1 heteroatoms. The molecule has 0 atom stereocenters. The van der Waals surface area contributed by atoms with Crippen molar-refractivity contribution in [1.29, 1.82) is 0 Å². The van der Waals surface area contributed by atoms with E-state index in [-0.39, 0.29) is 0 Å². The van der Waals surface area contributed by atoms with Gasteiger partial charge < -0.3 is 0 Å². The van der Waals surface area contributed by atoms with Crippen LogP contribution < -0.4 is 0 Å². The lowest BCUT2D eigenvalue weighted by atomic mass is 9.83. The molecule has 23 heavy (non-hydrogen) atoms. The van der Waals surface area contributed by atoms with Crippen molar-refractivity contribution in [3.63, 3.8) is 0 Å². The quantitative estimate of drug-likeness (QED) is 0.482. The SMILES string of the molecule is c1ccc(-c2cc(C3CCCCC3)c(-c3ccccc3)s2)cc1. The predicted molar refractivity (Wildman–Crippen MR) is 101 cm³/mol. The van der Waals surface area contributed by atoms with Gasteiger partial charge in [-0.1, -0.05) is 79.9 Å². The second-order valence-corrected chi connectivity index (χ2v) is 7.51. The first-order valence-corrected chi connectivity index (χ1v) is 9.48. The van der Waals surface area contributed by atoms with Gasteiger partial charge in [-0.25, -0.2) is 0 Å². The van der Waals surface area contributed by atoms with E-state index in [1.807, 2.05) is 11.3 Å². The fourth-order valence-electron chi connectivity index (χ4n) is 3.68. The van der Waals surface area contributed by atoms with Crippen LogP contribution in [0, 0.1) is 0 Å². The zero-order valence-electron chi connectivity index (χ0n) is 13.4. The number of hydrogen-bond donors (Lipinski definition) is 0. The highest BCUT2D eigenvalue weighted by Crippen LogP contribution is 2.45. The zero-order chi connectivity index (χ0) is 15.5. The smallest absolute Gasteiger partial charge is 0.0384 e. The molecule has 1 heterocycles. The minimum absolute atomic E-state index is 0.743. The molecule has 4 rings (SSSR count). The van der Waals surface area contributed by atoms with Gasteiger partial charge in [-0.15, -0.1) is 11.3 Å². The van der Waals surface area contributed by atoms with Crippen LogP contribution in [0.25, 0.3) is 20.9 Å². The van der Waals surface area contributed by atoms with Crippen LogP contribution in [0.5, 0.6) is 0 Å². The molecule has 0 nitrogen and oxygen atoms in total. The first-order valence-electron chi connectivity index (χ1n) is 8.66. The molecule has 0 saturated heterocycles. The van der Waals surface area contributed by atoms with Gasteiger partial charge in [0.05, 0.1) is 0 Å². The van der Waals surface area contributed by atoms with E-state index in [1.165, 1.54) is 53.0 Å². The Labute approximate surface area is 142 Å². The van der Waals surface area contributed by atoms with Crippen molar-refractivity contribution in [2.24, 2.45) is 0 Å². The molecule has 0 unspecified atom stereocenters. The van der Waals surface area contributed by atoms with Crippen molar-refractivity contribution in [1.82, 2.24) is 0 Å². The van der Waals surface area contributed by atoms with E-state index in [0.717, 1.165) is 5.92 Å². The highest BCUT2D eigenvalue weighted by atomic mass is 32.1. The van der Waals surface area contributed by atoms with Crippen LogP contribution in [-0.2, 0) is 0 Å². The van der Waals surface area contributed by atoms with Crippen molar-refractivity contribution in [3.05, 3.63) is 72.3 Å². The lowest BCUT2D eigenvalue weighted by Gasteiger charge is -2.22. The number of hydrogen-bond acceptors (Lipinski definition) is 1. The average Bonchev–Trinajstić information content (AvgIpc) is 3.09. The summed E-state index contributed by atoms with van der Waals surface area (Å²) in [4.78, 5) is 2.89. The van der Waals surface area contributed by atoms with Crippen LogP contribution in [-0.4, -0.2) is 0 Å². The van der Waals surface area contributed by atoms with Gasteiger partial charge in [0.2, 0.25) is 0 Å². The van der Waals surface area contributed by atoms with E-state index in [4.69, 9.17) is 0 Å². The van der Waals surface area contributed by atoms with Gasteiger partial charge in [0.1, 0.15) is 0 Å². The van der Waals surface area contributed by atoms with Crippen LogP contribution in [0.3, 0.4) is 0 Å². The lowest BCUT2D eigenvalue weighted by Crippen LogP contribution is -2.04. The molecule has 0 amide bonds. The number of thiophene rings is 1. The van der Waals surface area contributed by atoms with E-state index in [9.17, 15) is 0 Å². The third-order valence-corrected chi connectivity index (χ3v) is 6.15. The van der Waals surface area contributed by atoms with Gasteiger partial charge >= 0.3 is 0 Å². The van der Waals surface area contributed by atoms with Crippen LogP contribution in [0.1, 0.15) is 43.6 Å². The maximum atomic E-state index is 2.47. The molecule has 3 aromatic rings. The first-order chi connectivity index (χ1) is 11.4. The molecule has 1 aliphatic carbocycles. The minimum atomic E-state index is 0.743. The Morgan fingerprint density at radius 3 is 1.96 bits per heavy atom. The second kappa shape index (κ2) is 6.72. The van der Waals surface area contributed by atoms with Crippen LogP contribution in [0.2, 0.25) is 0 Å². The predicted octanol–water partition coefficient (Wildman–Crippen LogP) is 7.13. The first kappa shape index (κ1) is 14.7. The standard InChI is InChI=1S/C22H22S/c1-4-10-17(11-5-1)20-16-21(18-12-6-2-7-13-18)23-22(20)19-14-8-3-9-15-19/h2-3,6-9,12-17H,1,4-5,10-11H2. The molecule has 0 radical (unpaired) electrons. The molecule has 2 aromatic carbocycles. The summed E-state index contributed by atoms with van der Waals surface area (Å²) >= 11 is 1.96. The molecule has 116 valence electrons. The topological polar surface area (TPSA) is 0 Å². The molecule has 0 aliphatic heterocycles. The van der Waals surface area contributed by atoms with Gasteiger partial charge in [-0.05, 0) is 41.5 Å². The number of benzene rings is 2. The minimum Gasteiger partial charge on any atom is -0.135 e. The Bertz CT molecular complexity index is 749. The Morgan fingerprint density at radius 1 is 0.696 bits per heavy atom. The van der Waals surface area contributed by atoms with Crippen molar-refractivity contribution in [3.8, 4) is 20.9 Å². The molecule has 0 bridgehead atoms. The Hall–Kier alpha value is -1.86. The normalized spacial score (nSPS) is 15.7. The Balaban J connectivity index is 1.80. The van der Waals surface area contributed by atoms with Gasteiger partial charge in [0.15, 0.2) is 0 Å². The molecule has 1 aliphatic rings. The highest BCUT2D eigenvalue weighted by molar-refractivity contribution is 7.19. The molecule has 0 spiro atoms. The molecular weight excluding hydrogens is 296 g/mol. The van der Waals surface area contributed by atoms with E-state index in [0.29, 0.717) is 0 Å². The molecule has 1 fully saturated rings. The van der Waals surface area contributed by atoms with Crippen LogP contribution in [0.15, 0.2) is 66.7 Å². The monoisotopic (exact) mass is 318 g/mol. The van der Waals surface area contributed by atoms with Gasteiger partial charge in [-0.3, -0.25) is 0 Å². The third-order valence-electron chi connectivity index (χ3n) is 4.90. The van der Waals surface area contributed by atoms with E-state index in [2.05, 4.69) is 66.7 Å². The molecule has 1 aromatic heterocycles. The summed E-state index contributed by atoms with van der Waals surface area (Å²) < 4.78 is 0. The summed E-state index contributed by atoms with van der Waals surface area (Å²) in [6.45, 7) is 0. The largest absolute Gasteiger partial charge is 0.135 e.